The molecule has 72 valence electrons. The lowest BCUT2D eigenvalue weighted by atomic mass is 10.2. The zero-order valence-electron chi connectivity index (χ0n) is 7.50. The average molecular weight is 226 g/mol. The minimum atomic E-state index is -0.0191. The number of nitrogens with one attached hydrogen (secondary N) is 1. The summed E-state index contributed by atoms with van der Waals surface area (Å²) < 4.78 is 0. The van der Waals surface area contributed by atoms with Crippen molar-refractivity contribution in [2.45, 2.75) is 6.92 Å². The van der Waals surface area contributed by atoms with Crippen molar-refractivity contribution < 1.29 is 4.79 Å². The van der Waals surface area contributed by atoms with Crippen LogP contribution in [0.5, 0.6) is 0 Å². The molecule has 0 amide bonds. The third-order valence-corrected chi connectivity index (χ3v) is 3.66. The standard InChI is InChI=1S/C10H8ClNOS/c1-6-5-14-10(8(6)11)9(13)7-2-3-12-4-7/h2-5,12H,1H3. The molecule has 1 N–H and O–H groups in total. The minimum Gasteiger partial charge on any atom is -0.367 e. The number of H-pyrrole nitrogens is 1. The highest BCUT2D eigenvalue weighted by atomic mass is 35.5. The molecule has 0 saturated heterocycles. The van der Waals surface area contributed by atoms with Crippen LogP contribution in [-0.2, 0) is 0 Å². The first-order valence-corrected chi connectivity index (χ1v) is 5.37. The van der Waals surface area contributed by atoms with Crippen molar-refractivity contribution in [1.29, 1.82) is 0 Å². The summed E-state index contributed by atoms with van der Waals surface area (Å²) in [5, 5.41) is 2.46. The fourth-order valence-corrected chi connectivity index (χ4v) is 2.42. The molecule has 0 aliphatic rings. The van der Waals surface area contributed by atoms with Crippen LogP contribution in [0.2, 0.25) is 5.02 Å². The summed E-state index contributed by atoms with van der Waals surface area (Å²) in [6.45, 7) is 1.90. The minimum absolute atomic E-state index is 0.0191. The van der Waals surface area contributed by atoms with Crippen molar-refractivity contribution in [2.75, 3.05) is 0 Å². The zero-order chi connectivity index (χ0) is 10.1. The Bertz CT molecular complexity index is 458. The van der Waals surface area contributed by atoms with Gasteiger partial charge in [-0.3, -0.25) is 4.79 Å². The van der Waals surface area contributed by atoms with Crippen molar-refractivity contribution in [2.24, 2.45) is 0 Å². The first kappa shape index (κ1) is 9.49. The van der Waals surface area contributed by atoms with Gasteiger partial charge in [-0.1, -0.05) is 11.6 Å². The molecule has 0 saturated carbocycles. The van der Waals surface area contributed by atoms with Crippen LogP contribution in [0.4, 0.5) is 0 Å². The number of aromatic nitrogens is 1. The molecule has 0 unspecified atom stereocenters. The van der Waals surface area contributed by atoms with Crippen molar-refractivity contribution in [1.82, 2.24) is 4.98 Å². The lowest BCUT2D eigenvalue weighted by molar-refractivity contribution is 0.104. The van der Waals surface area contributed by atoms with Gasteiger partial charge in [0, 0.05) is 18.0 Å². The molecule has 0 aromatic carbocycles. The fraction of sp³-hybridized carbons (Fsp3) is 0.100. The highest BCUT2D eigenvalue weighted by Crippen LogP contribution is 2.29. The molecule has 14 heavy (non-hydrogen) atoms. The molecule has 2 rings (SSSR count). The molecule has 0 aliphatic carbocycles. The molecule has 2 heterocycles. The molecular weight excluding hydrogens is 218 g/mol. The Balaban J connectivity index is 2.42. The van der Waals surface area contributed by atoms with E-state index in [1.165, 1.54) is 11.3 Å². The van der Waals surface area contributed by atoms with E-state index in [1.54, 1.807) is 18.5 Å². The van der Waals surface area contributed by atoms with E-state index < -0.39 is 0 Å². The second-order valence-electron chi connectivity index (χ2n) is 2.99. The second kappa shape index (κ2) is 3.59. The van der Waals surface area contributed by atoms with Crippen LogP contribution in [0.15, 0.2) is 23.8 Å². The SMILES string of the molecule is Cc1csc(C(=O)c2cc[nH]c2)c1Cl. The third-order valence-electron chi connectivity index (χ3n) is 1.97. The number of hydrogen-bond acceptors (Lipinski definition) is 2. The van der Waals surface area contributed by atoms with Gasteiger partial charge in [0.15, 0.2) is 0 Å². The number of aromatic amines is 1. The Morgan fingerprint density at radius 3 is 2.86 bits per heavy atom. The summed E-state index contributed by atoms with van der Waals surface area (Å²) in [4.78, 5) is 15.3. The Hall–Kier alpha value is -1.06. The van der Waals surface area contributed by atoms with Crippen molar-refractivity contribution >= 4 is 28.7 Å². The molecule has 0 spiro atoms. The summed E-state index contributed by atoms with van der Waals surface area (Å²) >= 11 is 7.39. The van der Waals surface area contributed by atoms with Gasteiger partial charge in [0.1, 0.15) is 0 Å². The van der Waals surface area contributed by atoms with Crippen LogP contribution in [0, 0.1) is 6.92 Å². The van der Waals surface area contributed by atoms with Crippen molar-refractivity contribution in [3.05, 3.63) is 44.9 Å². The normalized spacial score (nSPS) is 10.4. The Kier molecular flexibility index (Phi) is 2.44. The molecule has 2 nitrogen and oxygen atoms in total. The van der Waals surface area contributed by atoms with Gasteiger partial charge in [-0.05, 0) is 23.9 Å². The summed E-state index contributed by atoms with van der Waals surface area (Å²) in [5.41, 5.74) is 1.60. The van der Waals surface area contributed by atoms with Gasteiger partial charge in [0.05, 0.1) is 9.90 Å². The summed E-state index contributed by atoms with van der Waals surface area (Å²) in [6.07, 6.45) is 3.40. The van der Waals surface area contributed by atoms with Crippen LogP contribution in [0.1, 0.15) is 20.8 Å². The molecule has 0 aliphatic heterocycles. The predicted molar refractivity (Wildman–Crippen MR) is 58.3 cm³/mol. The average Bonchev–Trinajstić information content (AvgIpc) is 2.77. The van der Waals surface area contributed by atoms with E-state index >= 15 is 0 Å². The molecule has 4 heteroatoms. The van der Waals surface area contributed by atoms with Gasteiger partial charge in [-0.15, -0.1) is 11.3 Å². The molecular formula is C10H8ClNOS. The molecule has 0 atom stereocenters. The van der Waals surface area contributed by atoms with E-state index in [2.05, 4.69) is 4.98 Å². The largest absolute Gasteiger partial charge is 0.367 e. The number of thiophene rings is 1. The first-order valence-electron chi connectivity index (χ1n) is 4.11. The topological polar surface area (TPSA) is 32.9 Å². The Morgan fingerprint density at radius 1 is 1.57 bits per heavy atom. The Morgan fingerprint density at radius 2 is 2.36 bits per heavy atom. The van der Waals surface area contributed by atoms with Gasteiger partial charge in [-0.2, -0.15) is 0 Å². The number of hydrogen-bond donors (Lipinski definition) is 1. The summed E-state index contributed by atoms with van der Waals surface area (Å²) in [5.74, 6) is -0.0191. The molecule has 0 bridgehead atoms. The summed E-state index contributed by atoms with van der Waals surface area (Å²) in [7, 11) is 0. The molecule has 0 fully saturated rings. The van der Waals surface area contributed by atoms with Gasteiger partial charge >= 0.3 is 0 Å². The highest BCUT2D eigenvalue weighted by Gasteiger charge is 2.16. The maximum atomic E-state index is 11.8. The van der Waals surface area contributed by atoms with Gasteiger partial charge < -0.3 is 4.98 Å². The number of rotatable bonds is 2. The van der Waals surface area contributed by atoms with Crippen LogP contribution >= 0.6 is 22.9 Å². The van der Waals surface area contributed by atoms with Gasteiger partial charge in [0.25, 0.3) is 0 Å². The van der Waals surface area contributed by atoms with Gasteiger partial charge in [0.2, 0.25) is 5.78 Å². The molecule has 2 aromatic rings. The van der Waals surface area contributed by atoms with E-state index in [0.717, 1.165) is 5.56 Å². The Labute approximate surface area is 90.5 Å². The van der Waals surface area contributed by atoms with E-state index in [1.807, 2.05) is 12.3 Å². The van der Waals surface area contributed by atoms with E-state index in [9.17, 15) is 4.79 Å². The van der Waals surface area contributed by atoms with E-state index in [0.29, 0.717) is 15.5 Å². The smallest absolute Gasteiger partial charge is 0.205 e. The lowest BCUT2D eigenvalue weighted by Crippen LogP contribution is -1.96. The number of aryl methyl sites for hydroxylation is 1. The van der Waals surface area contributed by atoms with Crippen LogP contribution in [0.25, 0.3) is 0 Å². The lowest BCUT2D eigenvalue weighted by Gasteiger charge is -1.94. The maximum absolute atomic E-state index is 11.8. The van der Waals surface area contributed by atoms with Crippen LogP contribution in [-0.4, -0.2) is 10.8 Å². The number of carbonyl (C=O) groups excluding carboxylic acids is 1. The van der Waals surface area contributed by atoms with E-state index in [4.69, 9.17) is 11.6 Å². The number of carbonyl (C=O) groups is 1. The number of ketones is 1. The zero-order valence-corrected chi connectivity index (χ0v) is 9.08. The van der Waals surface area contributed by atoms with Gasteiger partial charge in [-0.25, -0.2) is 0 Å². The van der Waals surface area contributed by atoms with Crippen LogP contribution in [0.3, 0.4) is 0 Å². The predicted octanol–water partition coefficient (Wildman–Crippen LogP) is 3.27. The van der Waals surface area contributed by atoms with E-state index in [-0.39, 0.29) is 5.78 Å². The maximum Gasteiger partial charge on any atom is 0.205 e. The summed E-state index contributed by atoms with van der Waals surface area (Å²) in [6, 6.07) is 1.74. The third kappa shape index (κ3) is 1.49. The van der Waals surface area contributed by atoms with Crippen molar-refractivity contribution in [3.63, 3.8) is 0 Å². The fourth-order valence-electron chi connectivity index (χ4n) is 1.18. The quantitative estimate of drug-likeness (QED) is 0.782. The number of halogens is 1. The second-order valence-corrected chi connectivity index (χ2v) is 4.25. The monoisotopic (exact) mass is 225 g/mol. The van der Waals surface area contributed by atoms with Crippen molar-refractivity contribution in [3.8, 4) is 0 Å². The molecule has 0 radical (unpaired) electrons. The molecule has 2 aromatic heterocycles. The van der Waals surface area contributed by atoms with Crippen LogP contribution < -0.4 is 0 Å². The first-order chi connectivity index (χ1) is 6.70. The highest BCUT2D eigenvalue weighted by molar-refractivity contribution is 7.13.